The third-order valence-electron chi connectivity index (χ3n) is 4.26. The highest BCUT2D eigenvalue weighted by molar-refractivity contribution is 7.92. The van der Waals surface area contributed by atoms with Crippen LogP contribution in [0.2, 0.25) is 0 Å². The lowest BCUT2D eigenvalue weighted by Gasteiger charge is -2.15. The van der Waals surface area contributed by atoms with E-state index in [4.69, 9.17) is 0 Å². The molecule has 0 aromatic heterocycles. The van der Waals surface area contributed by atoms with Crippen LogP contribution in [0.25, 0.3) is 0 Å². The number of carbonyl (C=O) groups is 1. The Morgan fingerprint density at radius 2 is 1.52 bits per heavy atom. The van der Waals surface area contributed by atoms with Gasteiger partial charge in [0.1, 0.15) is 11.6 Å². The Balaban J connectivity index is 1.71. The van der Waals surface area contributed by atoms with Gasteiger partial charge in [0.05, 0.1) is 16.6 Å². The summed E-state index contributed by atoms with van der Waals surface area (Å²) in [4.78, 5) is 12.3. The molecule has 150 valence electrons. The lowest BCUT2D eigenvalue weighted by molar-refractivity contribution is 0.0940. The largest absolute Gasteiger partial charge is 0.346 e. The predicted molar refractivity (Wildman–Crippen MR) is 106 cm³/mol. The number of anilines is 1. The number of halogens is 2. The van der Waals surface area contributed by atoms with Gasteiger partial charge in [-0.3, -0.25) is 9.52 Å². The molecule has 0 saturated heterocycles. The molecule has 2 N–H and O–H groups in total. The molecule has 0 bridgehead atoms. The summed E-state index contributed by atoms with van der Waals surface area (Å²) < 4.78 is 53.7. The summed E-state index contributed by atoms with van der Waals surface area (Å²) in [5, 5.41) is 2.76. The average molecular weight is 416 g/mol. The third-order valence-corrected chi connectivity index (χ3v) is 5.64. The predicted octanol–water partition coefficient (Wildman–Crippen LogP) is 4.26. The van der Waals surface area contributed by atoms with Crippen LogP contribution in [-0.4, -0.2) is 14.3 Å². The number of hydrogen-bond acceptors (Lipinski definition) is 3. The maximum Gasteiger partial charge on any atom is 0.261 e. The summed E-state index contributed by atoms with van der Waals surface area (Å²) in [6.07, 6.45) is 0. The zero-order valence-electron chi connectivity index (χ0n) is 15.4. The molecule has 5 nitrogen and oxygen atoms in total. The van der Waals surface area contributed by atoms with Crippen molar-refractivity contribution in [3.05, 3.63) is 95.6 Å². The molecule has 3 aromatic carbocycles. The number of rotatable bonds is 6. The zero-order chi connectivity index (χ0) is 21.0. The van der Waals surface area contributed by atoms with Crippen molar-refractivity contribution in [2.75, 3.05) is 4.72 Å². The van der Waals surface area contributed by atoms with Crippen molar-refractivity contribution in [3.8, 4) is 0 Å². The molecule has 0 heterocycles. The van der Waals surface area contributed by atoms with Gasteiger partial charge in [0, 0.05) is 5.56 Å². The van der Waals surface area contributed by atoms with E-state index in [1.165, 1.54) is 54.6 Å². The van der Waals surface area contributed by atoms with Gasteiger partial charge in [-0.2, -0.15) is 0 Å². The number of sulfonamides is 1. The minimum Gasteiger partial charge on any atom is -0.346 e. The minimum absolute atomic E-state index is 0.108. The Morgan fingerprint density at radius 1 is 0.897 bits per heavy atom. The van der Waals surface area contributed by atoms with Gasteiger partial charge in [-0.15, -0.1) is 0 Å². The van der Waals surface area contributed by atoms with Gasteiger partial charge in [-0.05, 0) is 61.0 Å². The maximum atomic E-state index is 13.7. The number of para-hydroxylation sites is 1. The van der Waals surface area contributed by atoms with Gasteiger partial charge in [-0.25, -0.2) is 17.2 Å². The number of benzene rings is 3. The van der Waals surface area contributed by atoms with Crippen LogP contribution in [0.4, 0.5) is 14.5 Å². The van der Waals surface area contributed by atoms with Gasteiger partial charge >= 0.3 is 0 Å². The molecular weight excluding hydrogens is 398 g/mol. The molecule has 0 fully saturated rings. The van der Waals surface area contributed by atoms with E-state index in [0.717, 1.165) is 11.6 Å². The summed E-state index contributed by atoms with van der Waals surface area (Å²) in [6, 6.07) is 16.1. The summed E-state index contributed by atoms with van der Waals surface area (Å²) in [5.74, 6) is -1.47. The van der Waals surface area contributed by atoms with Crippen molar-refractivity contribution in [1.29, 1.82) is 0 Å². The molecule has 0 aliphatic rings. The normalized spacial score (nSPS) is 12.2. The van der Waals surface area contributed by atoms with Crippen molar-refractivity contribution in [1.82, 2.24) is 5.32 Å². The van der Waals surface area contributed by atoms with Crippen LogP contribution in [0.3, 0.4) is 0 Å². The van der Waals surface area contributed by atoms with E-state index < -0.39 is 21.7 Å². The van der Waals surface area contributed by atoms with E-state index in [2.05, 4.69) is 10.0 Å². The van der Waals surface area contributed by atoms with E-state index >= 15 is 0 Å². The molecule has 29 heavy (non-hydrogen) atoms. The molecule has 0 spiro atoms. The highest BCUT2D eigenvalue weighted by Gasteiger charge is 2.17. The van der Waals surface area contributed by atoms with Crippen LogP contribution in [0.5, 0.6) is 0 Å². The molecule has 0 aliphatic carbocycles. The molecule has 1 unspecified atom stereocenters. The van der Waals surface area contributed by atoms with E-state index in [1.807, 2.05) is 0 Å². The van der Waals surface area contributed by atoms with E-state index in [0.29, 0.717) is 0 Å². The Kier molecular flexibility index (Phi) is 5.93. The summed E-state index contributed by atoms with van der Waals surface area (Å²) in [7, 11) is -4.01. The van der Waals surface area contributed by atoms with Gasteiger partial charge < -0.3 is 5.32 Å². The smallest absolute Gasteiger partial charge is 0.261 e. The van der Waals surface area contributed by atoms with Gasteiger partial charge in [-0.1, -0.05) is 24.3 Å². The van der Waals surface area contributed by atoms with Crippen molar-refractivity contribution in [3.63, 3.8) is 0 Å². The fourth-order valence-corrected chi connectivity index (χ4v) is 3.72. The van der Waals surface area contributed by atoms with Crippen LogP contribution in [0, 0.1) is 11.6 Å². The lowest BCUT2D eigenvalue weighted by atomic mass is 10.1. The van der Waals surface area contributed by atoms with Crippen molar-refractivity contribution >= 4 is 21.6 Å². The van der Waals surface area contributed by atoms with Gasteiger partial charge in [0.2, 0.25) is 0 Å². The quantitative estimate of drug-likeness (QED) is 0.631. The van der Waals surface area contributed by atoms with Crippen molar-refractivity contribution in [2.45, 2.75) is 17.9 Å². The first kappa shape index (κ1) is 20.5. The zero-order valence-corrected chi connectivity index (χ0v) is 16.2. The van der Waals surface area contributed by atoms with Crippen molar-refractivity contribution in [2.24, 2.45) is 0 Å². The first-order chi connectivity index (χ1) is 13.8. The Morgan fingerprint density at radius 3 is 2.14 bits per heavy atom. The first-order valence-electron chi connectivity index (χ1n) is 8.70. The van der Waals surface area contributed by atoms with Gasteiger partial charge in [0.25, 0.3) is 15.9 Å². The number of nitrogens with one attached hydrogen (secondary N) is 2. The maximum absolute atomic E-state index is 13.7. The molecule has 1 amide bonds. The fourth-order valence-electron chi connectivity index (χ4n) is 2.65. The van der Waals surface area contributed by atoms with Crippen LogP contribution >= 0.6 is 0 Å². The van der Waals surface area contributed by atoms with Crippen LogP contribution in [-0.2, 0) is 10.0 Å². The molecular formula is C21H18F2N2O3S. The summed E-state index contributed by atoms with van der Waals surface area (Å²) in [6.45, 7) is 1.75. The molecule has 8 heteroatoms. The highest BCUT2D eigenvalue weighted by atomic mass is 32.2. The Hall–Kier alpha value is -3.26. The number of carbonyl (C=O) groups excluding carboxylic acids is 1. The molecule has 0 radical (unpaired) electrons. The second-order valence-corrected chi connectivity index (χ2v) is 8.04. The van der Waals surface area contributed by atoms with Crippen molar-refractivity contribution < 1.29 is 22.0 Å². The summed E-state index contributed by atoms with van der Waals surface area (Å²) in [5.41, 5.74) is 0.819. The minimum atomic E-state index is -4.01. The fraction of sp³-hybridized carbons (Fsp3) is 0.0952. The third kappa shape index (κ3) is 4.97. The second kappa shape index (κ2) is 8.40. The van der Waals surface area contributed by atoms with Gasteiger partial charge in [0.15, 0.2) is 0 Å². The van der Waals surface area contributed by atoms with Crippen LogP contribution in [0.15, 0.2) is 77.7 Å². The SMILES string of the molecule is CC(NC(=O)c1ccc(S(=O)(=O)Nc2ccccc2F)cc1)c1ccc(F)cc1. The first-order valence-corrected chi connectivity index (χ1v) is 10.2. The highest BCUT2D eigenvalue weighted by Crippen LogP contribution is 2.20. The average Bonchev–Trinajstić information content (AvgIpc) is 2.70. The lowest BCUT2D eigenvalue weighted by Crippen LogP contribution is -2.26. The van der Waals surface area contributed by atoms with E-state index in [9.17, 15) is 22.0 Å². The Bertz CT molecular complexity index is 1120. The molecule has 0 saturated carbocycles. The topological polar surface area (TPSA) is 75.3 Å². The standard InChI is InChI=1S/C21H18F2N2O3S/c1-14(15-6-10-17(22)11-7-15)24-21(26)16-8-12-18(13-9-16)29(27,28)25-20-5-3-2-4-19(20)23/h2-14,25H,1H3,(H,24,26). The monoisotopic (exact) mass is 416 g/mol. The van der Waals surface area contributed by atoms with Crippen LogP contribution in [0.1, 0.15) is 28.9 Å². The Labute approximate surface area is 167 Å². The molecule has 3 aromatic rings. The summed E-state index contributed by atoms with van der Waals surface area (Å²) >= 11 is 0. The molecule has 0 aliphatic heterocycles. The number of hydrogen-bond donors (Lipinski definition) is 2. The number of amides is 1. The van der Waals surface area contributed by atoms with Crippen LogP contribution < -0.4 is 10.0 Å². The van der Waals surface area contributed by atoms with E-state index in [1.54, 1.807) is 19.1 Å². The second-order valence-electron chi connectivity index (χ2n) is 6.36. The van der Waals surface area contributed by atoms with E-state index in [-0.39, 0.29) is 28.0 Å². The molecule has 1 atom stereocenters. The molecule has 3 rings (SSSR count).